The Kier molecular flexibility index (Phi) is 8.51. The number of carbonyl (C=O) groups excluding carboxylic acids is 3. The van der Waals surface area contributed by atoms with Gasteiger partial charge in [-0.15, -0.1) is 0 Å². The van der Waals surface area contributed by atoms with Crippen molar-refractivity contribution in [3.8, 4) is 0 Å². The number of rotatable bonds is 10. The van der Waals surface area contributed by atoms with Gasteiger partial charge in [0.15, 0.2) is 0 Å². The van der Waals surface area contributed by atoms with E-state index in [4.69, 9.17) is 0 Å². The topological polar surface area (TPSA) is 81.8 Å². The van der Waals surface area contributed by atoms with E-state index in [9.17, 15) is 14.4 Å². The standard InChI is InChI=1S/C33H32N4O3/c38-31(34-21-25-13-5-1-6-14-25)29-30(32(39)35-22-26-15-7-2-8-16-26)37(24-28-19-11-4-12-20-28)33(40)36(29)23-27-17-9-3-10-18-27/h1-20,29-30H,21-24H2,(H,34,38)(H,35,39)/t29-,30-/m0/s1. The van der Waals surface area contributed by atoms with Gasteiger partial charge in [-0.2, -0.15) is 0 Å². The van der Waals surface area contributed by atoms with Crippen LogP contribution in [-0.4, -0.2) is 39.7 Å². The summed E-state index contributed by atoms with van der Waals surface area (Å²) in [7, 11) is 0. The molecule has 0 aliphatic carbocycles. The van der Waals surface area contributed by atoms with Crippen molar-refractivity contribution in [2.24, 2.45) is 0 Å². The van der Waals surface area contributed by atoms with Crippen molar-refractivity contribution in [1.82, 2.24) is 20.4 Å². The average molecular weight is 533 g/mol. The van der Waals surface area contributed by atoms with Crippen LogP contribution in [0.3, 0.4) is 0 Å². The van der Waals surface area contributed by atoms with E-state index in [0.29, 0.717) is 13.1 Å². The molecule has 4 aromatic carbocycles. The Morgan fingerprint density at radius 3 is 1.12 bits per heavy atom. The van der Waals surface area contributed by atoms with Crippen molar-refractivity contribution in [2.45, 2.75) is 38.3 Å². The molecule has 1 heterocycles. The van der Waals surface area contributed by atoms with Crippen molar-refractivity contribution >= 4 is 17.8 Å². The first kappa shape index (κ1) is 26.7. The lowest BCUT2D eigenvalue weighted by atomic mass is 10.0. The predicted molar refractivity (Wildman–Crippen MR) is 154 cm³/mol. The molecule has 1 saturated heterocycles. The monoisotopic (exact) mass is 532 g/mol. The van der Waals surface area contributed by atoms with Crippen molar-refractivity contribution < 1.29 is 14.4 Å². The summed E-state index contributed by atoms with van der Waals surface area (Å²) in [5.41, 5.74) is 3.62. The second-order valence-corrected chi connectivity index (χ2v) is 9.81. The summed E-state index contributed by atoms with van der Waals surface area (Å²) in [4.78, 5) is 44.7. The highest BCUT2D eigenvalue weighted by atomic mass is 16.2. The predicted octanol–water partition coefficient (Wildman–Crippen LogP) is 4.49. The quantitative estimate of drug-likeness (QED) is 0.316. The number of hydrogen-bond acceptors (Lipinski definition) is 3. The third-order valence-corrected chi connectivity index (χ3v) is 7.01. The van der Waals surface area contributed by atoms with Gasteiger partial charge in [-0.3, -0.25) is 9.59 Å². The zero-order chi connectivity index (χ0) is 27.7. The van der Waals surface area contributed by atoms with Crippen molar-refractivity contribution in [3.63, 3.8) is 0 Å². The van der Waals surface area contributed by atoms with Crippen LogP contribution < -0.4 is 10.6 Å². The molecule has 7 nitrogen and oxygen atoms in total. The van der Waals surface area contributed by atoms with E-state index in [1.54, 1.807) is 0 Å². The minimum Gasteiger partial charge on any atom is -0.350 e. The molecule has 2 N–H and O–H groups in total. The molecule has 5 rings (SSSR count). The second kappa shape index (κ2) is 12.8. The molecule has 1 aliphatic heterocycles. The van der Waals surface area contributed by atoms with Gasteiger partial charge in [0.2, 0.25) is 11.8 Å². The lowest BCUT2D eigenvalue weighted by molar-refractivity contribution is -0.133. The molecule has 0 spiro atoms. The lowest BCUT2D eigenvalue weighted by Gasteiger charge is -2.26. The zero-order valence-corrected chi connectivity index (χ0v) is 22.1. The minimum absolute atomic E-state index is 0.205. The second-order valence-electron chi connectivity index (χ2n) is 9.81. The van der Waals surface area contributed by atoms with Crippen LogP contribution in [-0.2, 0) is 35.8 Å². The summed E-state index contributed by atoms with van der Waals surface area (Å²) in [5.74, 6) is -0.743. The van der Waals surface area contributed by atoms with Crippen LogP contribution in [0, 0.1) is 0 Å². The largest absolute Gasteiger partial charge is 0.350 e. The molecule has 0 saturated carbocycles. The zero-order valence-electron chi connectivity index (χ0n) is 22.1. The maximum absolute atomic E-state index is 14.0. The summed E-state index contributed by atoms with van der Waals surface area (Å²) in [6.45, 7) is 0.995. The van der Waals surface area contributed by atoms with E-state index in [-0.39, 0.29) is 30.9 Å². The lowest BCUT2D eigenvalue weighted by Crippen LogP contribution is -2.54. The van der Waals surface area contributed by atoms with Gasteiger partial charge in [0.1, 0.15) is 12.1 Å². The fourth-order valence-corrected chi connectivity index (χ4v) is 4.99. The van der Waals surface area contributed by atoms with Crippen molar-refractivity contribution in [3.05, 3.63) is 144 Å². The SMILES string of the molecule is O=C(NCc1ccccc1)[C@@H]1[C@@H](C(=O)NCc2ccccc2)N(Cc2ccccc2)C(=O)N1Cc1ccccc1. The molecule has 202 valence electrons. The maximum atomic E-state index is 14.0. The van der Waals surface area contributed by atoms with Gasteiger partial charge in [-0.25, -0.2) is 4.79 Å². The number of nitrogens with one attached hydrogen (secondary N) is 2. The maximum Gasteiger partial charge on any atom is 0.322 e. The summed E-state index contributed by atoms with van der Waals surface area (Å²) in [6, 6.07) is 35.8. The number of hydrogen-bond donors (Lipinski definition) is 2. The van der Waals surface area contributed by atoms with Gasteiger partial charge in [0.25, 0.3) is 0 Å². The first-order valence-corrected chi connectivity index (χ1v) is 13.4. The molecule has 4 aromatic rings. The highest BCUT2D eigenvalue weighted by Gasteiger charge is 2.52. The third-order valence-electron chi connectivity index (χ3n) is 7.01. The number of nitrogens with zero attached hydrogens (tertiary/aromatic N) is 2. The molecule has 2 atom stereocenters. The summed E-state index contributed by atoms with van der Waals surface area (Å²) >= 11 is 0. The smallest absolute Gasteiger partial charge is 0.322 e. The third kappa shape index (κ3) is 6.38. The van der Waals surface area contributed by atoms with Crippen molar-refractivity contribution in [2.75, 3.05) is 0 Å². The summed E-state index contributed by atoms with van der Waals surface area (Å²) < 4.78 is 0. The Labute approximate surface area is 234 Å². The van der Waals surface area contributed by atoms with Crippen LogP contribution in [0.4, 0.5) is 4.79 Å². The average Bonchev–Trinajstić information content (AvgIpc) is 3.27. The first-order chi connectivity index (χ1) is 19.6. The van der Waals surface area contributed by atoms with E-state index in [0.717, 1.165) is 22.3 Å². The van der Waals surface area contributed by atoms with E-state index in [1.165, 1.54) is 9.80 Å². The van der Waals surface area contributed by atoms with Gasteiger partial charge in [0.05, 0.1) is 0 Å². The highest BCUT2D eigenvalue weighted by molar-refractivity contribution is 6.00. The first-order valence-electron chi connectivity index (χ1n) is 13.4. The van der Waals surface area contributed by atoms with Gasteiger partial charge >= 0.3 is 6.03 Å². The number of benzene rings is 4. The van der Waals surface area contributed by atoms with Crippen LogP contribution in [0.15, 0.2) is 121 Å². The number of amides is 4. The molecule has 1 fully saturated rings. The molecule has 0 bridgehead atoms. The molecule has 7 heteroatoms. The molecule has 0 aromatic heterocycles. The van der Waals surface area contributed by atoms with Gasteiger partial charge < -0.3 is 20.4 Å². The van der Waals surface area contributed by atoms with Gasteiger partial charge in [-0.05, 0) is 22.3 Å². The van der Waals surface area contributed by atoms with Crippen molar-refractivity contribution in [1.29, 1.82) is 0 Å². The van der Waals surface area contributed by atoms with Crippen LogP contribution in [0.1, 0.15) is 22.3 Å². The van der Waals surface area contributed by atoms with Crippen LogP contribution in [0.25, 0.3) is 0 Å². The minimum atomic E-state index is -1.02. The molecular formula is C33H32N4O3. The highest BCUT2D eigenvalue weighted by Crippen LogP contribution is 2.28. The summed E-state index contributed by atoms with van der Waals surface area (Å²) in [6.07, 6.45) is 0. The molecule has 1 aliphatic rings. The Morgan fingerprint density at radius 2 is 0.800 bits per heavy atom. The summed E-state index contributed by atoms with van der Waals surface area (Å²) in [5, 5.41) is 5.96. The Morgan fingerprint density at radius 1 is 0.500 bits per heavy atom. The Bertz CT molecular complexity index is 1310. The molecule has 4 amide bonds. The Balaban J connectivity index is 1.47. The van der Waals surface area contributed by atoms with Crippen LogP contribution in [0.5, 0.6) is 0 Å². The fraction of sp³-hybridized carbons (Fsp3) is 0.182. The fourth-order valence-electron chi connectivity index (χ4n) is 4.99. The van der Waals surface area contributed by atoms with E-state index < -0.39 is 12.1 Å². The van der Waals surface area contributed by atoms with E-state index >= 15 is 0 Å². The van der Waals surface area contributed by atoms with Crippen LogP contribution >= 0.6 is 0 Å². The molecular weight excluding hydrogens is 500 g/mol. The number of carbonyl (C=O) groups is 3. The molecule has 40 heavy (non-hydrogen) atoms. The van der Waals surface area contributed by atoms with E-state index in [2.05, 4.69) is 10.6 Å². The van der Waals surface area contributed by atoms with Crippen LogP contribution in [0.2, 0.25) is 0 Å². The normalized spacial score (nSPS) is 16.6. The number of urea groups is 1. The van der Waals surface area contributed by atoms with Gasteiger partial charge in [-0.1, -0.05) is 121 Å². The van der Waals surface area contributed by atoms with E-state index in [1.807, 2.05) is 121 Å². The Hall–Kier alpha value is -4.91. The molecule has 0 unspecified atom stereocenters. The molecule has 0 radical (unpaired) electrons. The van der Waals surface area contributed by atoms with Gasteiger partial charge in [0, 0.05) is 26.2 Å².